The van der Waals surface area contributed by atoms with Gasteiger partial charge in [-0.05, 0) is 67.7 Å². The third-order valence-electron chi connectivity index (χ3n) is 4.83. The van der Waals surface area contributed by atoms with Crippen molar-refractivity contribution >= 4 is 45.7 Å². The van der Waals surface area contributed by atoms with E-state index in [1.807, 2.05) is 41.2 Å². The molecule has 0 aliphatic carbocycles. The van der Waals surface area contributed by atoms with Gasteiger partial charge >= 0.3 is 0 Å². The summed E-state index contributed by atoms with van der Waals surface area (Å²) in [5.41, 5.74) is 4.38. The SMILES string of the molecule is COc1ccccc1-n1c(SC)nc2c(sc(=S)n2-c2ccc(C)c(C)c2)c1=O. The van der Waals surface area contributed by atoms with E-state index in [-0.39, 0.29) is 5.56 Å². The molecule has 0 N–H and O–H groups in total. The number of hydrogen-bond acceptors (Lipinski definition) is 6. The average Bonchev–Trinajstić information content (AvgIpc) is 3.06. The van der Waals surface area contributed by atoms with Crippen LogP contribution in [0.3, 0.4) is 0 Å². The fraction of sp³-hybridized carbons (Fsp3) is 0.190. The maximum atomic E-state index is 13.5. The molecule has 8 heteroatoms. The van der Waals surface area contributed by atoms with Crippen molar-refractivity contribution in [3.8, 4) is 17.1 Å². The first-order valence-corrected chi connectivity index (χ1v) is 11.3. The second kappa shape index (κ2) is 7.78. The number of benzene rings is 2. The Bertz CT molecular complexity index is 1350. The smallest absolute Gasteiger partial charge is 0.278 e. The van der Waals surface area contributed by atoms with Crippen LogP contribution >= 0.6 is 35.3 Å². The van der Waals surface area contributed by atoms with E-state index in [0.717, 1.165) is 11.3 Å². The van der Waals surface area contributed by atoms with Crippen molar-refractivity contribution in [1.29, 1.82) is 0 Å². The van der Waals surface area contributed by atoms with Crippen LogP contribution in [0.5, 0.6) is 5.75 Å². The first-order chi connectivity index (χ1) is 14.0. The molecular formula is C21H19N3O2S3. The van der Waals surface area contributed by atoms with Crippen molar-refractivity contribution in [3.63, 3.8) is 0 Å². The molecule has 2 heterocycles. The van der Waals surface area contributed by atoms with E-state index in [2.05, 4.69) is 26.0 Å². The van der Waals surface area contributed by atoms with E-state index in [0.29, 0.717) is 30.9 Å². The standard InChI is InChI=1S/C21H19N3O2S3/c1-12-9-10-14(11-13(12)2)23-18-17(29-21(23)27)19(25)24(20(22-18)28-4)15-7-5-6-8-16(15)26-3/h5-11H,1-4H3. The summed E-state index contributed by atoms with van der Waals surface area (Å²) in [6, 6.07) is 13.6. The molecule has 2 aromatic carbocycles. The molecule has 0 aliphatic rings. The molecule has 0 saturated carbocycles. The number of methoxy groups -OCH3 is 1. The fourth-order valence-electron chi connectivity index (χ4n) is 3.19. The molecule has 0 fully saturated rings. The van der Waals surface area contributed by atoms with E-state index in [1.54, 1.807) is 11.7 Å². The molecule has 0 aliphatic heterocycles. The van der Waals surface area contributed by atoms with Gasteiger partial charge in [0.2, 0.25) is 0 Å². The van der Waals surface area contributed by atoms with Crippen molar-refractivity contribution in [3.05, 3.63) is 67.9 Å². The highest BCUT2D eigenvalue weighted by Crippen LogP contribution is 2.29. The van der Waals surface area contributed by atoms with E-state index in [1.165, 1.54) is 28.7 Å². The Morgan fingerprint density at radius 1 is 1.10 bits per heavy atom. The molecule has 0 unspecified atom stereocenters. The van der Waals surface area contributed by atoms with E-state index >= 15 is 0 Å². The number of thiazole rings is 1. The van der Waals surface area contributed by atoms with E-state index in [4.69, 9.17) is 21.9 Å². The van der Waals surface area contributed by atoms with Gasteiger partial charge in [-0.15, -0.1) is 0 Å². The third kappa shape index (κ3) is 3.31. The molecular weight excluding hydrogens is 422 g/mol. The minimum absolute atomic E-state index is 0.150. The molecule has 2 aromatic heterocycles. The largest absolute Gasteiger partial charge is 0.495 e. The maximum Gasteiger partial charge on any atom is 0.278 e. The Balaban J connectivity index is 2.07. The summed E-state index contributed by atoms with van der Waals surface area (Å²) in [5, 5.41) is 0.581. The van der Waals surface area contributed by atoms with Crippen LogP contribution in [0.1, 0.15) is 11.1 Å². The minimum atomic E-state index is -0.150. The molecule has 0 radical (unpaired) electrons. The predicted molar refractivity (Wildman–Crippen MR) is 123 cm³/mol. The maximum absolute atomic E-state index is 13.5. The van der Waals surface area contributed by atoms with Crippen LogP contribution in [0.25, 0.3) is 21.7 Å². The van der Waals surface area contributed by atoms with Crippen molar-refractivity contribution < 1.29 is 4.74 Å². The van der Waals surface area contributed by atoms with Crippen LogP contribution in [0.15, 0.2) is 52.4 Å². The van der Waals surface area contributed by atoms with Gasteiger partial charge < -0.3 is 4.74 Å². The van der Waals surface area contributed by atoms with Crippen LogP contribution in [0.4, 0.5) is 0 Å². The number of thioether (sulfide) groups is 1. The molecule has 29 heavy (non-hydrogen) atoms. The molecule has 0 saturated heterocycles. The highest BCUT2D eigenvalue weighted by molar-refractivity contribution is 7.98. The number of nitrogens with zero attached hydrogens (tertiary/aromatic N) is 3. The van der Waals surface area contributed by atoms with Crippen LogP contribution in [-0.2, 0) is 0 Å². The van der Waals surface area contributed by atoms with Crippen molar-refractivity contribution in [2.45, 2.75) is 19.0 Å². The molecule has 4 rings (SSSR count). The number of aromatic nitrogens is 3. The van der Waals surface area contributed by atoms with Gasteiger partial charge in [-0.2, -0.15) is 0 Å². The highest BCUT2D eigenvalue weighted by atomic mass is 32.2. The topological polar surface area (TPSA) is 49.0 Å². The lowest BCUT2D eigenvalue weighted by atomic mass is 10.1. The Labute approximate surface area is 181 Å². The summed E-state index contributed by atoms with van der Waals surface area (Å²) >= 11 is 8.32. The molecule has 0 bridgehead atoms. The van der Waals surface area contributed by atoms with Crippen molar-refractivity contribution in [1.82, 2.24) is 14.1 Å². The quantitative estimate of drug-likeness (QED) is 0.244. The van der Waals surface area contributed by atoms with Crippen LogP contribution < -0.4 is 10.3 Å². The van der Waals surface area contributed by atoms with Gasteiger partial charge in [-0.1, -0.05) is 41.3 Å². The second-order valence-electron chi connectivity index (χ2n) is 6.54. The number of para-hydroxylation sites is 2. The zero-order chi connectivity index (χ0) is 20.7. The van der Waals surface area contributed by atoms with E-state index in [9.17, 15) is 4.79 Å². The number of aryl methyl sites for hydroxylation is 2. The zero-order valence-corrected chi connectivity index (χ0v) is 18.9. The lowest BCUT2D eigenvalue weighted by Crippen LogP contribution is -2.22. The summed E-state index contributed by atoms with van der Waals surface area (Å²) in [6.07, 6.45) is 1.90. The van der Waals surface area contributed by atoms with Gasteiger partial charge in [0.25, 0.3) is 5.56 Å². The van der Waals surface area contributed by atoms with Crippen LogP contribution in [-0.4, -0.2) is 27.5 Å². The number of rotatable bonds is 4. The summed E-state index contributed by atoms with van der Waals surface area (Å²) in [4.78, 5) is 18.3. The summed E-state index contributed by atoms with van der Waals surface area (Å²) in [7, 11) is 1.59. The summed E-state index contributed by atoms with van der Waals surface area (Å²) in [5.74, 6) is 0.614. The molecule has 4 aromatic rings. The Hall–Kier alpha value is -2.42. The molecule has 0 spiro atoms. The minimum Gasteiger partial charge on any atom is -0.495 e. The molecule has 0 amide bonds. The zero-order valence-electron chi connectivity index (χ0n) is 16.4. The van der Waals surface area contributed by atoms with Crippen LogP contribution in [0, 0.1) is 17.8 Å². The summed E-state index contributed by atoms with van der Waals surface area (Å²) < 4.78 is 10.1. The van der Waals surface area contributed by atoms with Crippen molar-refractivity contribution in [2.75, 3.05) is 13.4 Å². The van der Waals surface area contributed by atoms with Crippen molar-refractivity contribution in [2.24, 2.45) is 0 Å². The van der Waals surface area contributed by atoms with Gasteiger partial charge in [0.15, 0.2) is 14.8 Å². The van der Waals surface area contributed by atoms with Gasteiger partial charge in [-0.3, -0.25) is 13.9 Å². The Kier molecular flexibility index (Phi) is 5.33. The number of hydrogen-bond donors (Lipinski definition) is 0. The van der Waals surface area contributed by atoms with Gasteiger partial charge in [0, 0.05) is 5.69 Å². The lowest BCUT2D eigenvalue weighted by molar-refractivity contribution is 0.411. The molecule has 0 atom stereocenters. The van der Waals surface area contributed by atoms with Gasteiger partial charge in [-0.25, -0.2) is 4.98 Å². The number of fused-ring (bicyclic) bond motifs is 1. The second-order valence-corrected chi connectivity index (χ2v) is 8.95. The fourth-order valence-corrected chi connectivity index (χ4v) is 5.04. The number of ether oxygens (including phenoxy) is 1. The predicted octanol–water partition coefficient (Wildman–Crippen LogP) is 5.31. The first-order valence-electron chi connectivity index (χ1n) is 8.90. The monoisotopic (exact) mass is 441 g/mol. The average molecular weight is 442 g/mol. The lowest BCUT2D eigenvalue weighted by Gasteiger charge is -2.14. The highest BCUT2D eigenvalue weighted by Gasteiger charge is 2.20. The van der Waals surface area contributed by atoms with E-state index < -0.39 is 0 Å². The third-order valence-corrected chi connectivity index (χ3v) is 6.82. The Morgan fingerprint density at radius 2 is 1.86 bits per heavy atom. The van der Waals surface area contributed by atoms with Crippen LogP contribution in [0.2, 0.25) is 0 Å². The normalized spacial score (nSPS) is 11.2. The van der Waals surface area contributed by atoms with Gasteiger partial charge in [0.1, 0.15) is 10.4 Å². The van der Waals surface area contributed by atoms with Gasteiger partial charge in [0.05, 0.1) is 12.8 Å². The molecule has 148 valence electrons. The Morgan fingerprint density at radius 3 is 2.55 bits per heavy atom. The first kappa shape index (κ1) is 19.9. The molecule has 5 nitrogen and oxygen atoms in total. The summed E-state index contributed by atoms with van der Waals surface area (Å²) in [6.45, 7) is 4.13.